The van der Waals surface area contributed by atoms with Crippen molar-refractivity contribution in [3.63, 3.8) is 0 Å². The summed E-state index contributed by atoms with van der Waals surface area (Å²) in [5, 5.41) is 13.7. The predicted molar refractivity (Wildman–Crippen MR) is 129 cm³/mol. The van der Waals surface area contributed by atoms with Gasteiger partial charge in [0.2, 0.25) is 5.76 Å². The van der Waals surface area contributed by atoms with Gasteiger partial charge in [-0.25, -0.2) is 8.42 Å². The van der Waals surface area contributed by atoms with Gasteiger partial charge in [-0.15, -0.1) is 11.3 Å². The fraction of sp³-hybridized carbons (Fsp3) is 0.417. The van der Waals surface area contributed by atoms with Gasteiger partial charge in [0.25, 0.3) is 10.0 Å². The van der Waals surface area contributed by atoms with Crippen LogP contribution in [0.1, 0.15) is 37.0 Å². The Labute approximate surface area is 215 Å². The normalized spacial score (nSPS) is 24.7. The van der Waals surface area contributed by atoms with Crippen LogP contribution in [-0.4, -0.2) is 54.7 Å². The minimum absolute atomic E-state index is 0.0749. The average Bonchev–Trinajstić information content (AvgIpc) is 3.25. The monoisotopic (exact) mass is 555 g/mol. The van der Waals surface area contributed by atoms with Crippen molar-refractivity contribution < 1.29 is 36.0 Å². The van der Waals surface area contributed by atoms with E-state index in [1.165, 1.54) is 12.1 Å². The summed E-state index contributed by atoms with van der Waals surface area (Å²) in [6.07, 6.45) is -1.57. The van der Waals surface area contributed by atoms with Crippen molar-refractivity contribution in [1.29, 1.82) is 0 Å². The minimum Gasteiger partial charge on any atom is -0.480 e. The average molecular weight is 556 g/mol. The lowest BCUT2D eigenvalue weighted by atomic mass is 9.89. The third-order valence-electron chi connectivity index (χ3n) is 7.09. The number of benzene rings is 1. The number of nitrogens with one attached hydrogen (secondary N) is 1. The maximum absolute atomic E-state index is 13.4. The Hall–Kier alpha value is -2.74. The number of carboxylic acids is 1. The molecule has 0 radical (unpaired) electrons. The highest BCUT2D eigenvalue weighted by molar-refractivity contribution is 7.91. The predicted octanol–water partition coefficient (Wildman–Crippen LogP) is 4.35. The molecule has 37 heavy (non-hydrogen) atoms. The van der Waals surface area contributed by atoms with Crippen molar-refractivity contribution in [3.8, 4) is 10.6 Å². The van der Waals surface area contributed by atoms with Crippen LogP contribution in [0.3, 0.4) is 0 Å². The third-order valence-corrected chi connectivity index (χ3v) is 10.2. The Kier molecular flexibility index (Phi) is 6.45. The molecule has 3 aromatic rings. The van der Waals surface area contributed by atoms with Gasteiger partial charge in [0, 0.05) is 18.0 Å². The van der Waals surface area contributed by atoms with E-state index in [4.69, 9.17) is 0 Å². The molecule has 1 aromatic carbocycles. The van der Waals surface area contributed by atoms with E-state index in [2.05, 4.69) is 19.3 Å². The lowest BCUT2D eigenvalue weighted by Crippen LogP contribution is -2.52. The number of aromatic nitrogens is 1. The zero-order chi connectivity index (χ0) is 26.5. The lowest BCUT2D eigenvalue weighted by Gasteiger charge is -2.33. The van der Waals surface area contributed by atoms with Crippen LogP contribution >= 0.6 is 11.3 Å². The summed E-state index contributed by atoms with van der Waals surface area (Å²) in [7, 11) is -4.34. The lowest BCUT2D eigenvalue weighted by molar-refractivity contribution is -0.155. The van der Waals surface area contributed by atoms with E-state index in [9.17, 15) is 31.5 Å². The Balaban J connectivity index is 1.46. The van der Waals surface area contributed by atoms with Crippen molar-refractivity contribution in [2.75, 3.05) is 19.6 Å². The Morgan fingerprint density at radius 1 is 1.14 bits per heavy atom. The molecule has 0 spiro atoms. The molecule has 8 nitrogen and oxygen atoms in total. The molecule has 13 heteroatoms. The van der Waals surface area contributed by atoms with E-state index in [1.54, 1.807) is 12.1 Å². The van der Waals surface area contributed by atoms with Crippen molar-refractivity contribution >= 4 is 27.3 Å². The number of alkyl halides is 3. The maximum Gasteiger partial charge on any atom is 0.452 e. The first kappa shape index (κ1) is 25.9. The number of halogens is 3. The molecule has 0 unspecified atom stereocenters. The SMILES string of the molecule is O=C(O)[C@@]1(NS(=O)(=O)c2ccc(-c3cc(C(F)(F)F)on3)s2)C[C@@]1(CN1CCCCC1)c1ccccc1. The molecular weight excluding hydrogens is 531 g/mol. The first-order chi connectivity index (χ1) is 17.5. The molecule has 2 aliphatic rings. The number of hydrogen-bond donors (Lipinski definition) is 2. The number of aliphatic carboxylic acids is 1. The van der Waals surface area contributed by atoms with Gasteiger partial charge in [-0.1, -0.05) is 41.9 Å². The topological polar surface area (TPSA) is 113 Å². The van der Waals surface area contributed by atoms with Gasteiger partial charge in [-0.2, -0.15) is 17.9 Å². The number of piperidine rings is 1. The molecule has 1 aliphatic heterocycles. The largest absolute Gasteiger partial charge is 0.480 e. The van der Waals surface area contributed by atoms with Gasteiger partial charge < -0.3 is 14.5 Å². The summed E-state index contributed by atoms with van der Waals surface area (Å²) in [5.41, 5.74) is -2.17. The van der Waals surface area contributed by atoms with Crippen LogP contribution < -0.4 is 4.72 Å². The fourth-order valence-corrected chi connectivity index (χ4v) is 7.84. The molecule has 3 heterocycles. The summed E-state index contributed by atoms with van der Waals surface area (Å²) in [5.74, 6) is -2.58. The van der Waals surface area contributed by atoms with E-state index in [0.29, 0.717) is 23.9 Å². The molecule has 0 bridgehead atoms. The van der Waals surface area contributed by atoms with Crippen LogP contribution in [0.5, 0.6) is 0 Å². The number of hydrogen-bond acceptors (Lipinski definition) is 7. The molecule has 2 N–H and O–H groups in total. The number of carbonyl (C=O) groups is 1. The zero-order valence-corrected chi connectivity index (χ0v) is 21.1. The summed E-state index contributed by atoms with van der Waals surface area (Å²) >= 11 is 0.685. The highest BCUT2D eigenvalue weighted by Gasteiger charge is 2.75. The van der Waals surface area contributed by atoms with Crippen molar-refractivity contribution in [1.82, 2.24) is 14.8 Å². The summed E-state index contributed by atoms with van der Waals surface area (Å²) in [6, 6.07) is 12.3. The standard InChI is InChI=1S/C24H24F3N3O5S2/c25-24(26,27)19-13-17(28-35-19)18-9-10-20(36-18)37(33,34)29-23(21(31)32)14-22(23,16-7-3-1-4-8-16)15-30-11-5-2-6-12-30/h1,3-4,7-10,13,29H,2,5-6,11-12,14-15H2,(H,31,32)/t22-,23+/m1/s1. The van der Waals surface area contributed by atoms with Crippen molar-refractivity contribution in [2.45, 2.75) is 47.0 Å². The summed E-state index contributed by atoms with van der Waals surface area (Å²) in [4.78, 5) is 15.0. The zero-order valence-electron chi connectivity index (χ0n) is 19.5. The van der Waals surface area contributed by atoms with Gasteiger partial charge in [-0.3, -0.25) is 4.79 Å². The van der Waals surface area contributed by atoms with E-state index < -0.39 is 38.9 Å². The van der Waals surface area contributed by atoms with Gasteiger partial charge in [0.05, 0.1) is 4.88 Å². The van der Waals surface area contributed by atoms with Gasteiger partial charge in [0.1, 0.15) is 15.4 Å². The molecule has 1 aliphatic carbocycles. The van der Waals surface area contributed by atoms with Gasteiger partial charge in [0.15, 0.2) is 0 Å². The Morgan fingerprint density at radius 2 is 1.84 bits per heavy atom. The minimum atomic E-state index is -4.73. The molecule has 1 saturated carbocycles. The number of sulfonamides is 1. The summed E-state index contributed by atoms with van der Waals surface area (Å²) < 4.78 is 72.0. The second-order valence-electron chi connectivity index (χ2n) is 9.47. The number of nitrogens with zero attached hydrogens (tertiary/aromatic N) is 2. The summed E-state index contributed by atoms with van der Waals surface area (Å²) in [6.45, 7) is 2.01. The van der Waals surface area contributed by atoms with Crippen molar-refractivity contribution in [2.24, 2.45) is 0 Å². The highest BCUT2D eigenvalue weighted by Crippen LogP contribution is 2.59. The maximum atomic E-state index is 13.4. The number of rotatable bonds is 8. The van der Waals surface area contributed by atoms with E-state index in [0.717, 1.165) is 37.9 Å². The van der Waals surface area contributed by atoms with E-state index in [-0.39, 0.29) is 21.2 Å². The van der Waals surface area contributed by atoms with Crippen LogP contribution in [0, 0.1) is 0 Å². The highest BCUT2D eigenvalue weighted by atomic mass is 32.2. The number of thiophene rings is 1. The quantitative estimate of drug-likeness (QED) is 0.425. The molecule has 2 fully saturated rings. The van der Waals surface area contributed by atoms with Crippen LogP contribution in [-0.2, 0) is 26.4 Å². The Bertz CT molecular complexity index is 1400. The second-order valence-corrected chi connectivity index (χ2v) is 12.5. The van der Waals surface area contributed by atoms with Crippen LogP contribution in [0.4, 0.5) is 13.2 Å². The molecule has 1 saturated heterocycles. The molecular formula is C24H24F3N3O5S2. The molecule has 198 valence electrons. The first-order valence-electron chi connectivity index (χ1n) is 11.7. The first-order valence-corrected chi connectivity index (χ1v) is 14.0. The molecule has 5 rings (SSSR count). The van der Waals surface area contributed by atoms with Crippen LogP contribution in [0.15, 0.2) is 57.3 Å². The van der Waals surface area contributed by atoms with Gasteiger partial charge >= 0.3 is 12.1 Å². The van der Waals surface area contributed by atoms with E-state index >= 15 is 0 Å². The molecule has 0 amide bonds. The Morgan fingerprint density at radius 3 is 2.46 bits per heavy atom. The van der Waals surface area contributed by atoms with Gasteiger partial charge in [-0.05, 0) is 50.0 Å². The fourth-order valence-electron chi connectivity index (χ4n) is 5.16. The molecule has 2 aromatic heterocycles. The molecule has 2 atom stereocenters. The third kappa shape index (κ3) is 4.69. The van der Waals surface area contributed by atoms with E-state index in [1.807, 2.05) is 18.2 Å². The number of likely N-dealkylation sites (tertiary alicyclic amines) is 1. The second kappa shape index (κ2) is 9.22. The number of carboxylic acid groups (broad SMARTS) is 1. The van der Waals surface area contributed by atoms with Crippen molar-refractivity contribution in [3.05, 3.63) is 59.9 Å². The van der Waals surface area contributed by atoms with Crippen LogP contribution in [0.25, 0.3) is 10.6 Å². The van der Waals surface area contributed by atoms with Crippen LogP contribution in [0.2, 0.25) is 0 Å². The smallest absolute Gasteiger partial charge is 0.452 e.